The molecule has 0 fully saturated rings. The molecule has 0 aliphatic carbocycles. The Hall–Kier alpha value is -0.0400. The number of aliphatic hydroxyl groups is 1. The minimum Gasteiger partial charge on any atom is -0.393 e. The molecule has 0 aliphatic heterocycles. The Balaban J connectivity index is -0.0000000488. The molecule has 0 radical (unpaired) electrons. The summed E-state index contributed by atoms with van der Waals surface area (Å²) < 4.78 is 0. The first kappa shape index (κ1) is 32.1. The molecule has 0 unspecified atom stereocenters. The Bertz CT molecular complexity index is 81.0. The first-order valence-electron chi connectivity index (χ1n) is 9.00. The van der Waals surface area contributed by atoms with E-state index in [2.05, 4.69) is 62.3 Å². The summed E-state index contributed by atoms with van der Waals surface area (Å²) in [4.78, 5) is 0. The molecule has 0 saturated heterocycles. The van der Waals surface area contributed by atoms with E-state index in [4.69, 9.17) is 5.11 Å². The van der Waals surface area contributed by atoms with Crippen LogP contribution in [0, 0.1) is 5.92 Å². The Morgan fingerprint density at radius 1 is 0.550 bits per heavy atom. The lowest BCUT2D eigenvalue weighted by Crippen LogP contribution is -1.99. The maximum absolute atomic E-state index is 8.67. The third-order valence-corrected chi connectivity index (χ3v) is 1.76. The second-order valence-corrected chi connectivity index (χ2v) is 5.39. The number of rotatable bonds is 3. The third kappa shape index (κ3) is 145. The Kier molecular flexibility index (Phi) is 68.5. The molecule has 20 heavy (non-hydrogen) atoms. The van der Waals surface area contributed by atoms with Crippen molar-refractivity contribution in [2.75, 3.05) is 0 Å². The lowest BCUT2D eigenvalue weighted by molar-refractivity contribution is 0.166. The molecule has 0 aliphatic rings. The van der Waals surface area contributed by atoms with Gasteiger partial charge in [-0.15, -0.1) is 0 Å². The minimum absolute atomic E-state index is 0.0648. The van der Waals surface area contributed by atoms with Crippen LogP contribution in [0.4, 0.5) is 0 Å². The van der Waals surface area contributed by atoms with Crippen LogP contribution in [0.25, 0.3) is 0 Å². The fraction of sp³-hybridized carbons (Fsp3) is 1.00. The van der Waals surface area contributed by atoms with Gasteiger partial charge >= 0.3 is 0 Å². The van der Waals surface area contributed by atoms with Gasteiger partial charge in [0.1, 0.15) is 0 Å². The predicted molar refractivity (Wildman–Crippen MR) is 99.6 cm³/mol. The van der Waals surface area contributed by atoms with E-state index in [1.807, 2.05) is 13.8 Å². The van der Waals surface area contributed by atoms with Gasteiger partial charge in [0.05, 0.1) is 6.10 Å². The Morgan fingerprint density at radius 3 is 0.700 bits per heavy atom. The third-order valence-electron chi connectivity index (χ3n) is 1.76. The molecular weight excluding hydrogens is 244 g/mol. The summed E-state index contributed by atoms with van der Waals surface area (Å²) in [6.45, 7) is 23.4. The van der Waals surface area contributed by atoms with E-state index in [0.29, 0.717) is 0 Å². The lowest BCUT2D eigenvalue weighted by atomic mass is 10.2. The molecule has 0 amide bonds. The van der Waals surface area contributed by atoms with Gasteiger partial charge in [-0.1, -0.05) is 102 Å². The standard InChI is InChI=1S/C5H12O.C5H12.3C3H8/c1-3-5(6)4-2;1-4-5(2)3;3*1-3-2/h5-6H,3-4H2,1-2H3;5H,4H2,1-3H3;3*3H2,1-2H3. The highest BCUT2D eigenvalue weighted by molar-refractivity contribution is 4.43. The van der Waals surface area contributed by atoms with Gasteiger partial charge < -0.3 is 5.11 Å². The van der Waals surface area contributed by atoms with E-state index in [9.17, 15) is 0 Å². The summed E-state index contributed by atoms with van der Waals surface area (Å²) in [6, 6.07) is 0. The zero-order valence-corrected chi connectivity index (χ0v) is 16.8. The van der Waals surface area contributed by atoms with Crippen LogP contribution >= 0.6 is 0 Å². The molecule has 0 saturated carbocycles. The topological polar surface area (TPSA) is 20.2 Å². The van der Waals surface area contributed by atoms with Crippen molar-refractivity contribution in [1.82, 2.24) is 0 Å². The maximum Gasteiger partial charge on any atom is 0.0535 e. The predicted octanol–water partition coefficient (Wildman–Crippen LogP) is 7.47. The van der Waals surface area contributed by atoms with Gasteiger partial charge in [0.2, 0.25) is 0 Å². The molecule has 0 spiro atoms. The van der Waals surface area contributed by atoms with Gasteiger partial charge in [0.15, 0.2) is 0 Å². The van der Waals surface area contributed by atoms with Crippen molar-refractivity contribution in [2.45, 2.75) is 121 Å². The molecule has 130 valence electrons. The highest BCUT2D eigenvalue weighted by Gasteiger charge is 1.90. The van der Waals surface area contributed by atoms with Crippen molar-refractivity contribution in [3.8, 4) is 0 Å². The van der Waals surface area contributed by atoms with Crippen LogP contribution in [0.2, 0.25) is 0 Å². The van der Waals surface area contributed by atoms with E-state index in [1.165, 1.54) is 25.7 Å². The highest BCUT2D eigenvalue weighted by atomic mass is 16.3. The second kappa shape index (κ2) is 42.8. The van der Waals surface area contributed by atoms with Gasteiger partial charge in [0.25, 0.3) is 0 Å². The monoisotopic (exact) mass is 292 g/mol. The Morgan fingerprint density at radius 2 is 0.700 bits per heavy atom. The van der Waals surface area contributed by atoms with Gasteiger partial charge in [0, 0.05) is 0 Å². The minimum atomic E-state index is -0.0648. The fourth-order valence-electron chi connectivity index (χ4n) is 0.289. The normalized spacial score (nSPS) is 8.10. The average molecular weight is 293 g/mol. The number of aliphatic hydroxyl groups excluding tert-OH is 1. The summed E-state index contributed by atoms with van der Waals surface area (Å²) in [6.07, 6.45) is 6.76. The van der Waals surface area contributed by atoms with Crippen molar-refractivity contribution < 1.29 is 5.11 Å². The lowest BCUT2D eigenvalue weighted by Gasteiger charge is -1.98. The summed E-state index contributed by atoms with van der Waals surface area (Å²) in [5.41, 5.74) is 0. The molecule has 0 aromatic rings. The molecule has 1 heteroatoms. The maximum atomic E-state index is 8.67. The van der Waals surface area contributed by atoms with Crippen LogP contribution in [0.5, 0.6) is 0 Å². The van der Waals surface area contributed by atoms with E-state index in [-0.39, 0.29) is 6.10 Å². The first-order chi connectivity index (χ1) is 9.32. The molecule has 0 heterocycles. The largest absolute Gasteiger partial charge is 0.393 e. The summed E-state index contributed by atoms with van der Waals surface area (Å²) in [7, 11) is 0. The zero-order chi connectivity index (χ0) is 17.4. The van der Waals surface area contributed by atoms with E-state index >= 15 is 0 Å². The average Bonchev–Trinajstić information content (AvgIpc) is 2.41. The van der Waals surface area contributed by atoms with Crippen molar-refractivity contribution in [1.29, 1.82) is 0 Å². The van der Waals surface area contributed by atoms with E-state index in [1.54, 1.807) is 0 Å². The van der Waals surface area contributed by atoms with Crippen LogP contribution < -0.4 is 0 Å². The Labute approximate surface area is 132 Å². The van der Waals surface area contributed by atoms with Crippen LogP contribution in [0.15, 0.2) is 0 Å². The number of hydrogen-bond acceptors (Lipinski definition) is 1. The molecular formula is C19H48O. The molecule has 0 bridgehead atoms. The molecule has 1 nitrogen and oxygen atoms in total. The van der Waals surface area contributed by atoms with Crippen molar-refractivity contribution in [2.24, 2.45) is 5.92 Å². The molecule has 0 aromatic carbocycles. The smallest absolute Gasteiger partial charge is 0.0535 e. The van der Waals surface area contributed by atoms with Gasteiger partial charge in [-0.05, 0) is 18.8 Å². The fourth-order valence-corrected chi connectivity index (χ4v) is 0.289. The van der Waals surface area contributed by atoms with Gasteiger partial charge in [-0.3, -0.25) is 0 Å². The molecule has 0 aromatic heterocycles. The quantitative estimate of drug-likeness (QED) is 0.572. The van der Waals surface area contributed by atoms with Gasteiger partial charge in [-0.25, -0.2) is 0 Å². The van der Waals surface area contributed by atoms with E-state index < -0.39 is 0 Å². The summed E-state index contributed by atoms with van der Waals surface area (Å²) >= 11 is 0. The van der Waals surface area contributed by atoms with Crippen molar-refractivity contribution in [3.63, 3.8) is 0 Å². The summed E-state index contributed by atoms with van der Waals surface area (Å²) in [5.74, 6) is 0.884. The molecule has 1 N–H and O–H groups in total. The SMILES string of the molecule is CCC.CCC.CCC.CCC(C)C.CCC(O)CC. The highest BCUT2D eigenvalue weighted by Crippen LogP contribution is 1.94. The van der Waals surface area contributed by atoms with Crippen LogP contribution in [-0.4, -0.2) is 11.2 Å². The van der Waals surface area contributed by atoms with Crippen molar-refractivity contribution in [3.05, 3.63) is 0 Å². The molecule has 0 rings (SSSR count). The van der Waals surface area contributed by atoms with Gasteiger partial charge in [-0.2, -0.15) is 0 Å². The van der Waals surface area contributed by atoms with Crippen LogP contribution in [-0.2, 0) is 0 Å². The summed E-state index contributed by atoms with van der Waals surface area (Å²) in [5, 5.41) is 8.67. The van der Waals surface area contributed by atoms with Crippen LogP contribution in [0.3, 0.4) is 0 Å². The number of hydrogen-bond donors (Lipinski definition) is 1. The van der Waals surface area contributed by atoms with Crippen molar-refractivity contribution >= 4 is 0 Å². The van der Waals surface area contributed by atoms with E-state index in [0.717, 1.165) is 18.8 Å². The second-order valence-electron chi connectivity index (χ2n) is 5.39. The van der Waals surface area contributed by atoms with Crippen LogP contribution in [0.1, 0.15) is 115 Å². The first-order valence-corrected chi connectivity index (χ1v) is 9.00. The molecule has 0 atom stereocenters. The zero-order valence-electron chi connectivity index (χ0n) is 16.8.